The van der Waals surface area contributed by atoms with E-state index in [0.717, 1.165) is 15.7 Å². The highest BCUT2D eigenvalue weighted by atomic mass is 35.5. The maximum absolute atomic E-state index is 6.19. The van der Waals surface area contributed by atoms with Crippen LogP contribution in [0.1, 0.15) is 17.2 Å². The Morgan fingerprint density at radius 2 is 1.79 bits per heavy atom. The molecule has 1 unspecified atom stereocenters. The number of thioether (sulfide) groups is 1. The van der Waals surface area contributed by atoms with E-state index in [1.54, 1.807) is 11.8 Å². The lowest BCUT2D eigenvalue weighted by Gasteiger charge is -2.18. The van der Waals surface area contributed by atoms with Crippen molar-refractivity contribution in [3.05, 3.63) is 64.7 Å². The summed E-state index contributed by atoms with van der Waals surface area (Å²) in [6.07, 6.45) is 0. The Labute approximate surface area is 124 Å². The summed E-state index contributed by atoms with van der Waals surface area (Å²) < 4.78 is 0. The molecule has 100 valence electrons. The number of halogens is 1. The lowest BCUT2D eigenvalue weighted by Crippen LogP contribution is -2.19. The van der Waals surface area contributed by atoms with Crippen LogP contribution in [0, 0.1) is 6.92 Å². The van der Waals surface area contributed by atoms with Crippen LogP contribution in [0.2, 0.25) is 5.02 Å². The van der Waals surface area contributed by atoms with E-state index in [1.807, 2.05) is 25.2 Å². The fourth-order valence-corrected chi connectivity index (χ4v) is 3.41. The first-order valence-corrected chi connectivity index (χ1v) is 7.69. The quantitative estimate of drug-likeness (QED) is 0.801. The molecule has 3 heteroatoms. The van der Waals surface area contributed by atoms with E-state index in [2.05, 4.69) is 42.6 Å². The van der Waals surface area contributed by atoms with Crippen LogP contribution in [0.25, 0.3) is 0 Å². The summed E-state index contributed by atoms with van der Waals surface area (Å²) >= 11 is 7.98. The summed E-state index contributed by atoms with van der Waals surface area (Å²) in [5.74, 6) is 0.963. The highest BCUT2D eigenvalue weighted by Gasteiger charge is 2.12. The van der Waals surface area contributed by atoms with Crippen molar-refractivity contribution in [3.63, 3.8) is 0 Å². The minimum Gasteiger partial charge on any atom is -0.312 e. The van der Waals surface area contributed by atoms with Crippen molar-refractivity contribution in [2.75, 3.05) is 12.8 Å². The number of hydrogen-bond acceptors (Lipinski definition) is 2. The Hall–Kier alpha value is -0.960. The van der Waals surface area contributed by atoms with Crippen LogP contribution in [0.4, 0.5) is 0 Å². The standard InChI is InChI=1S/C16H18ClNS/c1-12-7-3-4-8-13(12)15(18-2)11-19-16-10-6-5-9-14(16)17/h3-10,15,18H,11H2,1-2H3. The predicted octanol–water partition coefficient (Wildman–Crippen LogP) is 4.70. The molecular weight excluding hydrogens is 274 g/mol. The molecule has 0 aliphatic heterocycles. The lowest BCUT2D eigenvalue weighted by atomic mass is 10.0. The third-order valence-corrected chi connectivity index (χ3v) is 4.76. The summed E-state index contributed by atoms with van der Waals surface area (Å²) in [5, 5.41) is 4.21. The molecule has 2 aromatic carbocycles. The Morgan fingerprint density at radius 3 is 2.47 bits per heavy atom. The fraction of sp³-hybridized carbons (Fsp3) is 0.250. The minimum atomic E-state index is 0.336. The first-order valence-electron chi connectivity index (χ1n) is 6.32. The van der Waals surface area contributed by atoms with Gasteiger partial charge in [-0.1, -0.05) is 48.0 Å². The molecule has 0 saturated carbocycles. The monoisotopic (exact) mass is 291 g/mol. The summed E-state index contributed by atoms with van der Waals surface area (Å²) in [6, 6.07) is 16.8. The largest absolute Gasteiger partial charge is 0.312 e. The fourth-order valence-electron chi connectivity index (χ4n) is 2.04. The molecular formula is C16H18ClNS. The van der Waals surface area contributed by atoms with Gasteiger partial charge in [-0.25, -0.2) is 0 Å². The van der Waals surface area contributed by atoms with E-state index in [-0.39, 0.29) is 0 Å². The second-order valence-electron chi connectivity index (χ2n) is 4.44. The van der Waals surface area contributed by atoms with Crippen LogP contribution >= 0.6 is 23.4 Å². The smallest absolute Gasteiger partial charge is 0.0541 e. The van der Waals surface area contributed by atoms with Crippen molar-refractivity contribution in [3.8, 4) is 0 Å². The molecule has 0 radical (unpaired) electrons. The molecule has 0 heterocycles. The van der Waals surface area contributed by atoms with Gasteiger partial charge in [0.1, 0.15) is 0 Å². The van der Waals surface area contributed by atoms with E-state index in [9.17, 15) is 0 Å². The van der Waals surface area contributed by atoms with E-state index in [0.29, 0.717) is 6.04 Å². The van der Waals surface area contributed by atoms with Crippen molar-refractivity contribution in [2.24, 2.45) is 0 Å². The summed E-state index contributed by atoms with van der Waals surface area (Å²) in [7, 11) is 2.00. The molecule has 2 aromatic rings. The third-order valence-electron chi connectivity index (χ3n) is 3.15. The highest BCUT2D eigenvalue weighted by Crippen LogP contribution is 2.30. The number of hydrogen-bond donors (Lipinski definition) is 1. The molecule has 0 spiro atoms. The average Bonchev–Trinajstić information content (AvgIpc) is 2.43. The maximum Gasteiger partial charge on any atom is 0.0541 e. The van der Waals surface area contributed by atoms with Crippen LogP contribution in [-0.4, -0.2) is 12.8 Å². The molecule has 2 rings (SSSR count). The molecule has 0 amide bonds. The topological polar surface area (TPSA) is 12.0 Å². The van der Waals surface area contributed by atoms with Gasteiger partial charge in [0, 0.05) is 16.7 Å². The normalized spacial score (nSPS) is 12.4. The van der Waals surface area contributed by atoms with Crippen LogP contribution in [0.3, 0.4) is 0 Å². The maximum atomic E-state index is 6.19. The van der Waals surface area contributed by atoms with Gasteiger partial charge in [0.2, 0.25) is 0 Å². The van der Waals surface area contributed by atoms with Gasteiger partial charge in [-0.15, -0.1) is 11.8 Å². The third kappa shape index (κ3) is 3.75. The number of rotatable bonds is 5. The van der Waals surface area contributed by atoms with Crippen molar-refractivity contribution >= 4 is 23.4 Å². The van der Waals surface area contributed by atoms with Crippen LogP contribution in [0.5, 0.6) is 0 Å². The van der Waals surface area contributed by atoms with Gasteiger partial charge in [0.15, 0.2) is 0 Å². The Morgan fingerprint density at radius 1 is 1.11 bits per heavy atom. The first kappa shape index (κ1) is 14.4. The van der Waals surface area contributed by atoms with Crippen molar-refractivity contribution in [1.29, 1.82) is 0 Å². The first-order chi connectivity index (χ1) is 9.22. The molecule has 1 atom stereocenters. The molecule has 1 N–H and O–H groups in total. The van der Waals surface area contributed by atoms with E-state index in [1.165, 1.54) is 11.1 Å². The molecule has 0 aliphatic carbocycles. The zero-order valence-corrected chi connectivity index (χ0v) is 12.8. The van der Waals surface area contributed by atoms with Gasteiger partial charge < -0.3 is 5.32 Å². The molecule has 19 heavy (non-hydrogen) atoms. The zero-order valence-electron chi connectivity index (χ0n) is 11.2. The van der Waals surface area contributed by atoms with Crippen LogP contribution < -0.4 is 5.32 Å². The Balaban J connectivity index is 2.09. The SMILES string of the molecule is CNC(CSc1ccccc1Cl)c1ccccc1C. The number of benzene rings is 2. The van der Waals surface area contributed by atoms with Gasteiger partial charge in [0.05, 0.1) is 5.02 Å². The number of nitrogens with one attached hydrogen (secondary N) is 1. The Kier molecular flexibility index (Phi) is 5.32. The highest BCUT2D eigenvalue weighted by molar-refractivity contribution is 7.99. The van der Waals surface area contributed by atoms with Gasteiger partial charge in [-0.3, -0.25) is 0 Å². The molecule has 0 aliphatic rings. The van der Waals surface area contributed by atoms with Crippen molar-refractivity contribution in [2.45, 2.75) is 17.9 Å². The van der Waals surface area contributed by atoms with Crippen molar-refractivity contribution < 1.29 is 0 Å². The van der Waals surface area contributed by atoms with Crippen molar-refractivity contribution in [1.82, 2.24) is 5.32 Å². The summed E-state index contributed by atoms with van der Waals surface area (Å²) in [4.78, 5) is 1.14. The average molecular weight is 292 g/mol. The van der Waals surface area contributed by atoms with E-state index in [4.69, 9.17) is 11.6 Å². The van der Waals surface area contributed by atoms with Gasteiger partial charge in [0.25, 0.3) is 0 Å². The second-order valence-corrected chi connectivity index (χ2v) is 5.91. The summed E-state index contributed by atoms with van der Waals surface area (Å²) in [5.41, 5.74) is 2.67. The lowest BCUT2D eigenvalue weighted by molar-refractivity contribution is 0.658. The molecule has 0 aromatic heterocycles. The van der Waals surface area contributed by atoms with Gasteiger partial charge >= 0.3 is 0 Å². The van der Waals surface area contributed by atoms with Gasteiger partial charge in [-0.05, 0) is 37.2 Å². The van der Waals surface area contributed by atoms with Crippen LogP contribution in [0.15, 0.2) is 53.4 Å². The molecule has 0 fully saturated rings. The van der Waals surface area contributed by atoms with E-state index < -0.39 is 0 Å². The van der Waals surface area contributed by atoms with E-state index >= 15 is 0 Å². The summed E-state index contributed by atoms with van der Waals surface area (Å²) in [6.45, 7) is 2.15. The number of aryl methyl sites for hydroxylation is 1. The molecule has 1 nitrogen and oxygen atoms in total. The zero-order chi connectivity index (χ0) is 13.7. The molecule has 0 bridgehead atoms. The minimum absolute atomic E-state index is 0.336. The Bertz CT molecular complexity index is 542. The predicted molar refractivity (Wildman–Crippen MR) is 85.2 cm³/mol. The second kappa shape index (κ2) is 6.99. The van der Waals surface area contributed by atoms with Crippen LogP contribution in [-0.2, 0) is 0 Å². The molecule has 0 saturated heterocycles. The van der Waals surface area contributed by atoms with Gasteiger partial charge in [-0.2, -0.15) is 0 Å².